The number of nitrogens with zero attached hydrogens (tertiary/aromatic N) is 1. The molecule has 5 heteroatoms. The summed E-state index contributed by atoms with van der Waals surface area (Å²) in [5.41, 5.74) is 1.52. The lowest BCUT2D eigenvalue weighted by Gasteiger charge is -2.32. The smallest absolute Gasteiger partial charge is 0.257 e. The Hall–Kier alpha value is -2.24. The van der Waals surface area contributed by atoms with Gasteiger partial charge in [-0.2, -0.15) is 0 Å². The average molecular weight is 342 g/mol. The fourth-order valence-electron chi connectivity index (χ4n) is 2.53. The van der Waals surface area contributed by atoms with E-state index in [2.05, 4.69) is 5.32 Å². The van der Waals surface area contributed by atoms with Gasteiger partial charge in [0.2, 0.25) is 0 Å². The highest BCUT2D eigenvalue weighted by atomic mass is 32.1. The highest BCUT2D eigenvalue weighted by molar-refractivity contribution is 7.80. The van der Waals surface area contributed by atoms with Gasteiger partial charge in [-0.1, -0.05) is 55.5 Å². The minimum atomic E-state index is -0.283. The zero-order valence-corrected chi connectivity index (χ0v) is 14.5. The summed E-state index contributed by atoms with van der Waals surface area (Å²) in [5, 5.41) is 13.0. The van der Waals surface area contributed by atoms with Crippen LogP contribution >= 0.6 is 12.2 Å². The molecule has 0 spiro atoms. The van der Waals surface area contributed by atoms with Gasteiger partial charge in [-0.05, 0) is 36.3 Å². The molecule has 0 aliphatic heterocycles. The molecule has 0 fully saturated rings. The molecule has 2 N–H and O–H groups in total. The molecule has 0 heterocycles. The quantitative estimate of drug-likeness (QED) is 0.792. The Kier molecular flexibility index (Phi) is 6.90. The Labute approximate surface area is 148 Å². The van der Waals surface area contributed by atoms with Crippen molar-refractivity contribution >= 4 is 23.2 Å². The topological polar surface area (TPSA) is 52.6 Å². The fraction of sp³-hybridized carbons (Fsp3) is 0.263. The molecule has 1 atom stereocenters. The monoisotopic (exact) mass is 342 g/mol. The first-order valence-corrected chi connectivity index (χ1v) is 8.41. The molecule has 0 bridgehead atoms. The summed E-state index contributed by atoms with van der Waals surface area (Å²) >= 11 is 5.44. The van der Waals surface area contributed by atoms with Gasteiger partial charge in [0.25, 0.3) is 5.91 Å². The number of hydrogen-bond donors (Lipinski definition) is 2. The van der Waals surface area contributed by atoms with E-state index in [1.54, 1.807) is 12.1 Å². The number of aliphatic hydroxyl groups is 1. The molecule has 4 nitrogen and oxygen atoms in total. The van der Waals surface area contributed by atoms with Crippen molar-refractivity contribution in [1.82, 2.24) is 10.2 Å². The first-order valence-electron chi connectivity index (χ1n) is 8.00. The van der Waals surface area contributed by atoms with Gasteiger partial charge in [0.15, 0.2) is 5.11 Å². The van der Waals surface area contributed by atoms with E-state index in [-0.39, 0.29) is 18.6 Å². The SMILES string of the molecule is CCCN(C(=S)NC(=O)c1ccccc1)C(CO)c1ccccc1. The Bertz CT molecular complexity index is 662. The van der Waals surface area contributed by atoms with Crippen LogP contribution in [0, 0.1) is 0 Å². The molecule has 0 saturated heterocycles. The molecule has 0 aromatic heterocycles. The van der Waals surface area contributed by atoms with E-state index in [0.29, 0.717) is 17.2 Å². The van der Waals surface area contributed by atoms with E-state index >= 15 is 0 Å². The summed E-state index contributed by atoms with van der Waals surface area (Å²) in [4.78, 5) is 14.2. The van der Waals surface area contributed by atoms with Crippen LogP contribution in [0.2, 0.25) is 0 Å². The normalized spacial score (nSPS) is 11.6. The van der Waals surface area contributed by atoms with Gasteiger partial charge in [0.1, 0.15) is 0 Å². The summed E-state index contributed by atoms with van der Waals surface area (Å²) in [5.74, 6) is -0.244. The lowest BCUT2D eigenvalue weighted by Crippen LogP contribution is -2.45. The molecule has 126 valence electrons. The molecule has 0 aliphatic rings. The molecule has 2 rings (SSSR count). The number of amides is 1. The molecule has 24 heavy (non-hydrogen) atoms. The van der Waals surface area contributed by atoms with Crippen LogP contribution in [0.5, 0.6) is 0 Å². The van der Waals surface area contributed by atoms with E-state index in [1.807, 2.05) is 60.4 Å². The fourth-order valence-corrected chi connectivity index (χ4v) is 2.84. The number of aliphatic hydroxyl groups excluding tert-OH is 1. The number of carbonyl (C=O) groups is 1. The molecule has 0 aliphatic carbocycles. The van der Waals surface area contributed by atoms with Crippen LogP contribution in [-0.4, -0.2) is 34.2 Å². The second-order valence-electron chi connectivity index (χ2n) is 5.43. The van der Waals surface area contributed by atoms with Crippen molar-refractivity contribution in [3.8, 4) is 0 Å². The van der Waals surface area contributed by atoms with Gasteiger partial charge in [-0.25, -0.2) is 0 Å². The zero-order valence-electron chi connectivity index (χ0n) is 13.7. The maximum absolute atomic E-state index is 12.3. The first-order chi connectivity index (χ1) is 11.7. The predicted molar refractivity (Wildman–Crippen MR) is 99.8 cm³/mol. The third kappa shape index (κ3) is 4.63. The van der Waals surface area contributed by atoms with Gasteiger partial charge in [0, 0.05) is 12.1 Å². The Morgan fingerprint density at radius 2 is 1.71 bits per heavy atom. The number of benzene rings is 2. The highest BCUT2D eigenvalue weighted by Gasteiger charge is 2.22. The van der Waals surface area contributed by atoms with Crippen LogP contribution in [0.15, 0.2) is 60.7 Å². The molecular formula is C19H22N2O2S. The third-order valence-electron chi connectivity index (χ3n) is 3.72. The summed E-state index contributed by atoms with van der Waals surface area (Å²) < 4.78 is 0. The standard InChI is InChI=1S/C19H22N2O2S/c1-2-13-21(17(14-22)15-9-5-3-6-10-15)19(24)20-18(23)16-11-7-4-8-12-16/h3-12,17,22H,2,13-14H2,1H3,(H,20,23,24). The number of hydrogen-bond acceptors (Lipinski definition) is 3. The molecule has 1 amide bonds. The van der Waals surface area contributed by atoms with Crippen molar-refractivity contribution < 1.29 is 9.90 Å². The largest absolute Gasteiger partial charge is 0.394 e. The molecule has 1 unspecified atom stereocenters. The van der Waals surface area contributed by atoms with E-state index in [9.17, 15) is 9.90 Å². The highest BCUT2D eigenvalue weighted by Crippen LogP contribution is 2.20. The second-order valence-corrected chi connectivity index (χ2v) is 5.81. The van der Waals surface area contributed by atoms with Crippen molar-refractivity contribution in [3.63, 3.8) is 0 Å². The molecule has 0 saturated carbocycles. The Balaban J connectivity index is 2.16. The van der Waals surface area contributed by atoms with Crippen LogP contribution in [-0.2, 0) is 0 Å². The zero-order chi connectivity index (χ0) is 17.4. The van der Waals surface area contributed by atoms with Gasteiger partial charge >= 0.3 is 0 Å². The number of carbonyl (C=O) groups excluding carboxylic acids is 1. The molecule has 2 aromatic rings. The van der Waals surface area contributed by atoms with E-state index in [0.717, 1.165) is 12.0 Å². The summed E-state index contributed by atoms with van der Waals surface area (Å²) in [7, 11) is 0. The lowest BCUT2D eigenvalue weighted by atomic mass is 10.1. The van der Waals surface area contributed by atoms with Crippen LogP contribution in [0.1, 0.15) is 35.3 Å². The minimum Gasteiger partial charge on any atom is -0.394 e. The van der Waals surface area contributed by atoms with E-state index in [4.69, 9.17) is 12.2 Å². The van der Waals surface area contributed by atoms with Gasteiger partial charge in [-0.15, -0.1) is 0 Å². The lowest BCUT2D eigenvalue weighted by molar-refractivity contribution is 0.0967. The van der Waals surface area contributed by atoms with Crippen LogP contribution in [0.25, 0.3) is 0 Å². The maximum atomic E-state index is 12.3. The van der Waals surface area contributed by atoms with Crippen LogP contribution in [0.4, 0.5) is 0 Å². The van der Waals surface area contributed by atoms with Gasteiger partial charge in [0.05, 0.1) is 12.6 Å². The maximum Gasteiger partial charge on any atom is 0.257 e. The van der Waals surface area contributed by atoms with Crippen molar-refractivity contribution in [3.05, 3.63) is 71.8 Å². The van der Waals surface area contributed by atoms with Crippen molar-refractivity contribution in [2.45, 2.75) is 19.4 Å². The van der Waals surface area contributed by atoms with Crippen LogP contribution in [0.3, 0.4) is 0 Å². The number of nitrogens with one attached hydrogen (secondary N) is 1. The first kappa shape index (κ1) is 18.1. The average Bonchev–Trinajstić information content (AvgIpc) is 2.63. The molecular weight excluding hydrogens is 320 g/mol. The Morgan fingerprint density at radius 1 is 1.12 bits per heavy atom. The number of thiocarbonyl (C=S) groups is 1. The third-order valence-corrected chi connectivity index (χ3v) is 4.05. The van der Waals surface area contributed by atoms with E-state index in [1.165, 1.54) is 0 Å². The second kappa shape index (κ2) is 9.15. The minimum absolute atomic E-state index is 0.0780. The number of rotatable bonds is 6. The van der Waals surface area contributed by atoms with E-state index < -0.39 is 0 Å². The van der Waals surface area contributed by atoms with Crippen molar-refractivity contribution in [2.24, 2.45) is 0 Å². The predicted octanol–water partition coefficient (Wildman–Crippen LogP) is 3.15. The summed E-state index contributed by atoms with van der Waals surface area (Å²) in [6.07, 6.45) is 0.852. The van der Waals surface area contributed by atoms with Crippen LogP contribution < -0.4 is 5.32 Å². The summed E-state index contributed by atoms with van der Waals surface area (Å²) in [6.45, 7) is 2.60. The summed E-state index contributed by atoms with van der Waals surface area (Å²) in [6, 6.07) is 18.3. The van der Waals surface area contributed by atoms with Crippen molar-refractivity contribution in [2.75, 3.05) is 13.2 Å². The van der Waals surface area contributed by atoms with Crippen molar-refractivity contribution in [1.29, 1.82) is 0 Å². The molecule has 2 aromatic carbocycles. The molecule has 0 radical (unpaired) electrons. The van der Waals surface area contributed by atoms with Gasteiger partial charge in [-0.3, -0.25) is 10.1 Å². The Morgan fingerprint density at radius 3 is 2.25 bits per heavy atom. The van der Waals surface area contributed by atoms with Gasteiger partial charge < -0.3 is 10.0 Å².